The number of amides is 1. The third-order valence-corrected chi connectivity index (χ3v) is 3.87. The third-order valence-electron chi connectivity index (χ3n) is 3.87. The molecule has 1 aliphatic carbocycles. The molecule has 0 aliphatic heterocycles. The first-order valence-corrected chi connectivity index (χ1v) is 8.45. The highest BCUT2D eigenvalue weighted by molar-refractivity contribution is 5.85. The molecule has 0 spiro atoms. The van der Waals surface area contributed by atoms with Crippen molar-refractivity contribution in [3.05, 3.63) is 29.3 Å². The van der Waals surface area contributed by atoms with Gasteiger partial charge in [0, 0.05) is 11.7 Å². The average Bonchev–Trinajstić information content (AvgIpc) is 2.45. The molecule has 1 unspecified atom stereocenters. The van der Waals surface area contributed by atoms with Gasteiger partial charge in [0.1, 0.15) is 5.60 Å². The number of ether oxygens (including phenoxy) is 1. The normalized spacial score (nSPS) is 17.5. The van der Waals surface area contributed by atoms with E-state index in [1.54, 1.807) is 0 Å². The van der Waals surface area contributed by atoms with Crippen LogP contribution in [0.4, 0.5) is 10.5 Å². The van der Waals surface area contributed by atoms with Gasteiger partial charge in [-0.2, -0.15) is 0 Å². The van der Waals surface area contributed by atoms with Crippen molar-refractivity contribution in [3.63, 3.8) is 0 Å². The molecule has 23 heavy (non-hydrogen) atoms. The Morgan fingerprint density at radius 3 is 2.87 bits per heavy atom. The largest absolute Gasteiger partial charge is 0.444 e. The zero-order valence-corrected chi connectivity index (χ0v) is 14.4. The maximum atomic E-state index is 11.9. The van der Waals surface area contributed by atoms with Gasteiger partial charge in [-0.15, -0.1) is 0 Å². The topological polar surface area (TPSA) is 76.4 Å². The summed E-state index contributed by atoms with van der Waals surface area (Å²) in [5.41, 5.74) is 8.50. The molecular formula is C18H29N3O2. The molecule has 0 aromatic heterocycles. The van der Waals surface area contributed by atoms with E-state index in [1.807, 2.05) is 26.8 Å². The number of rotatable bonds is 5. The smallest absolute Gasteiger partial charge is 0.412 e. The van der Waals surface area contributed by atoms with Gasteiger partial charge in [-0.25, -0.2) is 4.79 Å². The lowest BCUT2D eigenvalue weighted by Crippen LogP contribution is -2.28. The van der Waals surface area contributed by atoms with Gasteiger partial charge < -0.3 is 15.8 Å². The Hall–Kier alpha value is -1.59. The van der Waals surface area contributed by atoms with E-state index in [9.17, 15) is 4.79 Å². The molecule has 0 heterocycles. The van der Waals surface area contributed by atoms with E-state index in [-0.39, 0.29) is 0 Å². The van der Waals surface area contributed by atoms with Crippen molar-refractivity contribution in [3.8, 4) is 0 Å². The van der Waals surface area contributed by atoms with Crippen molar-refractivity contribution in [2.75, 3.05) is 18.4 Å². The molecule has 0 bridgehead atoms. The van der Waals surface area contributed by atoms with Gasteiger partial charge >= 0.3 is 6.09 Å². The van der Waals surface area contributed by atoms with Crippen LogP contribution in [-0.2, 0) is 11.2 Å². The van der Waals surface area contributed by atoms with Gasteiger partial charge in [0.25, 0.3) is 0 Å². The van der Waals surface area contributed by atoms with Crippen LogP contribution in [0.3, 0.4) is 0 Å². The highest BCUT2D eigenvalue weighted by atomic mass is 16.6. The van der Waals surface area contributed by atoms with Crippen LogP contribution in [0, 0.1) is 0 Å². The zero-order valence-electron chi connectivity index (χ0n) is 14.4. The highest BCUT2D eigenvalue weighted by Crippen LogP contribution is 2.31. The molecule has 0 fully saturated rings. The van der Waals surface area contributed by atoms with Crippen molar-refractivity contribution >= 4 is 11.8 Å². The minimum atomic E-state index is -0.490. The van der Waals surface area contributed by atoms with Crippen LogP contribution < -0.4 is 16.4 Å². The predicted octanol–water partition coefficient (Wildman–Crippen LogP) is 3.35. The van der Waals surface area contributed by atoms with E-state index in [4.69, 9.17) is 10.5 Å². The summed E-state index contributed by atoms with van der Waals surface area (Å²) in [5.74, 6) is 0. The minimum absolute atomic E-state index is 0.390. The molecule has 128 valence electrons. The van der Waals surface area contributed by atoms with E-state index in [2.05, 4.69) is 22.8 Å². The maximum Gasteiger partial charge on any atom is 0.412 e. The van der Waals surface area contributed by atoms with Crippen LogP contribution in [0.2, 0.25) is 0 Å². The van der Waals surface area contributed by atoms with Crippen molar-refractivity contribution in [2.45, 2.75) is 58.1 Å². The van der Waals surface area contributed by atoms with Crippen LogP contribution in [0.1, 0.15) is 57.2 Å². The Kier molecular flexibility index (Phi) is 6.02. The SMILES string of the molecule is CC(C)(C)OC(=O)Nc1ccc2c(c1)CCCC2NCCCN. The summed E-state index contributed by atoms with van der Waals surface area (Å²) in [6.07, 6.45) is 3.93. The molecule has 5 nitrogen and oxygen atoms in total. The molecule has 1 aromatic rings. The first kappa shape index (κ1) is 17.8. The van der Waals surface area contributed by atoms with Crippen LogP contribution in [-0.4, -0.2) is 24.8 Å². The van der Waals surface area contributed by atoms with E-state index >= 15 is 0 Å². The second-order valence-electron chi connectivity index (χ2n) is 7.08. The van der Waals surface area contributed by atoms with Gasteiger partial charge in [-0.3, -0.25) is 5.32 Å². The fourth-order valence-corrected chi connectivity index (χ4v) is 2.90. The van der Waals surface area contributed by atoms with Crippen molar-refractivity contribution in [1.82, 2.24) is 5.32 Å². The fraction of sp³-hybridized carbons (Fsp3) is 0.611. The number of aryl methyl sites for hydroxylation is 1. The number of carbonyl (C=O) groups is 1. The number of nitrogens with one attached hydrogen (secondary N) is 2. The summed E-state index contributed by atoms with van der Waals surface area (Å²) in [4.78, 5) is 11.9. The number of anilines is 1. The Morgan fingerprint density at radius 2 is 2.17 bits per heavy atom. The lowest BCUT2D eigenvalue weighted by Gasteiger charge is -2.27. The zero-order chi connectivity index (χ0) is 16.9. The highest BCUT2D eigenvalue weighted by Gasteiger charge is 2.21. The summed E-state index contributed by atoms with van der Waals surface area (Å²) in [7, 11) is 0. The van der Waals surface area contributed by atoms with Crippen molar-refractivity contribution < 1.29 is 9.53 Å². The summed E-state index contributed by atoms with van der Waals surface area (Å²) in [6, 6.07) is 6.52. The average molecular weight is 319 g/mol. The lowest BCUT2D eigenvalue weighted by atomic mass is 9.87. The Bertz CT molecular complexity index is 538. The summed E-state index contributed by atoms with van der Waals surface area (Å²) < 4.78 is 5.30. The standard InChI is InChI=1S/C18H29N3O2/c1-18(2,3)23-17(22)21-14-8-9-15-13(12-14)6-4-7-16(15)20-11-5-10-19/h8-9,12,16,20H,4-7,10-11,19H2,1-3H3,(H,21,22). The number of hydrogen-bond donors (Lipinski definition) is 3. The maximum absolute atomic E-state index is 11.9. The first-order chi connectivity index (χ1) is 10.9. The summed E-state index contributed by atoms with van der Waals surface area (Å²) >= 11 is 0. The van der Waals surface area contributed by atoms with Gasteiger partial charge in [0.2, 0.25) is 0 Å². The number of benzene rings is 1. The van der Waals surface area contributed by atoms with Crippen molar-refractivity contribution in [2.24, 2.45) is 5.73 Å². The Balaban J connectivity index is 2.02. The molecular weight excluding hydrogens is 290 g/mol. The van der Waals surface area contributed by atoms with Crippen LogP contribution in [0.15, 0.2) is 18.2 Å². The van der Waals surface area contributed by atoms with E-state index in [0.29, 0.717) is 12.6 Å². The van der Waals surface area contributed by atoms with E-state index < -0.39 is 11.7 Å². The lowest BCUT2D eigenvalue weighted by molar-refractivity contribution is 0.0636. The molecule has 0 saturated carbocycles. The molecule has 1 amide bonds. The molecule has 1 atom stereocenters. The summed E-state index contributed by atoms with van der Waals surface area (Å²) in [6.45, 7) is 7.23. The number of nitrogens with two attached hydrogens (primary N) is 1. The number of fused-ring (bicyclic) bond motifs is 1. The molecule has 5 heteroatoms. The second kappa shape index (κ2) is 7.79. The molecule has 1 aliphatic rings. The molecule has 0 radical (unpaired) electrons. The molecule has 1 aromatic carbocycles. The van der Waals surface area contributed by atoms with Gasteiger partial charge in [0.05, 0.1) is 0 Å². The predicted molar refractivity (Wildman–Crippen MR) is 93.7 cm³/mol. The monoisotopic (exact) mass is 319 g/mol. The van der Waals surface area contributed by atoms with Gasteiger partial charge in [-0.05, 0) is 82.8 Å². The third kappa shape index (κ3) is 5.52. The van der Waals surface area contributed by atoms with Crippen molar-refractivity contribution in [1.29, 1.82) is 0 Å². The van der Waals surface area contributed by atoms with Crippen LogP contribution >= 0.6 is 0 Å². The fourth-order valence-electron chi connectivity index (χ4n) is 2.90. The van der Waals surface area contributed by atoms with Crippen LogP contribution in [0.5, 0.6) is 0 Å². The Labute approximate surface area is 139 Å². The Morgan fingerprint density at radius 1 is 1.39 bits per heavy atom. The molecule has 0 saturated heterocycles. The molecule has 2 rings (SSSR count). The van der Waals surface area contributed by atoms with E-state index in [0.717, 1.165) is 37.9 Å². The quantitative estimate of drug-likeness (QED) is 0.727. The van der Waals surface area contributed by atoms with Gasteiger partial charge in [0.15, 0.2) is 0 Å². The van der Waals surface area contributed by atoms with Gasteiger partial charge in [-0.1, -0.05) is 6.07 Å². The van der Waals surface area contributed by atoms with Crippen LogP contribution in [0.25, 0.3) is 0 Å². The number of carbonyl (C=O) groups excluding carboxylic acids is 1. The minimum Gasteiger partial charge on any atom is -0.444 e. The second-order valence-corrected chi connectivity index (χ2v) is 7.08. The van der Waals surface area contributed by atoms with E-state index in [1.165, 1.54) is 11.1 Å². The summed E-state index contributed by atoms with van der Waals surface area (Å²) in [5, 5.41) is 6.40. The number of hydrogen-bond acceptors (Lipinski definition) is 4. The first-order valence-electron chi connectivity index (χ1n) is 8.45. The molecule has 4 N–H and O–H groups in total.